The van der Waals surface area contributed by atoms with Crippen LogP contribution in [0.5, 0.6) is 17.2 Å². The predicted molar refractivity (Wildman–Crippen MR) is 111 cm³/mol. The van der Waals surface area contributed by atoms with Gasteiger partial charge in [-0.3, -0.25) is 4.79 Å². The van der Waals surface area contributed by atoms with E-state index in [2.05, 4.69) is 0 Å². The summed E-state index contributed by atoms with van der Waals surface area (Å²) in [4.78, 5) is 24.5. The van der Waals surface area contributed by atoms with Gasteiger partial charge in [0.25, 0.3) is 0 Å². The third-order valence-corrected chi connectivity index (χ3v) is 4.40. The first-order valence-corrected chi connectivity index (χ1v) is 9.40. The summed E-state index contributed by atoms with van der Waals surface area (Å²) in [5.41, 5.74) is 0.683. The molecule has 0 radical (unpaired) electrons. The van der Waals surface area contributed by atoms with Gasteiger partial charge in [-0.05, 0) is 50.6 Å². The van der Waals surface area contributed by atoms with E-state index < -0.39 is 5.97 Å². The Balaban J connectivity index is 2.13. The average Bonchev–Trinajstić information content (AvgIpc) is 2.71. The molecule has 0 amide bonds. The van der Waals surface area contributed by atoms with Crippen LogP contribution in [0.1, 0.15) is 37.2 Å². The van der Waals surface area contributed by atoms with Gasteiger partial charge in [0, 0.05) is 17.8 Å². The first-order chi connectivity index (χ1) is 13.9. The van der Waals surface area contributed by atoms with E-state index >= 15 is 0 Å². The molecule has 0 unspecified atom stereocenters. The van der Waals surface area contributed by atoms with Crippen molar-refractivity contribution in [3.8, 4) is 28.4 Å². The number of nitrogens with zero attached hydrogens (tertiary/aromatic N) is 1. The van der Waals surface area contributed by atoms with Gasteiger partial charge in [0.1, 0.15) is 0 Å². The molecule has 0 aliphatic heterocycles. The van der Waals surface area contributed by atoms with Crippen molar-refractivity contribution in [1.29, 1.82) is 0 Å². The van der Waals surface area contributed by atoms with Crippen molar-refractivity contribution < 1.29 is 19.4 Å². The van der Waals surface area contributed by atoms with Gasteiger partial charge in [0.2, 0.25) is 5.43 Å². The Labute approximate surface area is 169 Å². The second-order valence-corrected chi connectivity index (χ2v) is 6.77. The molecule has 1 aromatic heterocycles. The molecule has 29 heavy (non-hydrogen) atoms. The zero-order valence-electron chi connectivity index (χ0n) is 16.6. The molecule has 0 atom stereocenters. The highest BCUT2D eigenvalue weighted by molar-refractivity contribution is 5.89. The standard InChI is InChI=1S/C23H23NO5/c1-4-28-19-10-5-6-11-20(19)29-21-14-24(15(2)3)13-18(22(21)25)16-8-7-9-17(12-16)23(26)27/h5-15H,4H2,1-3H3,(H,26,27). The number of para-hydroxylation sites is 2. The number of ether oxygens (including phenoxy) is 2. The van der Waals surface area contributed by atoms with Gasteiger partial charge in [0.05, 0.1) is 18.4 Å². The molecule has 3 rings (SSSR count). The van der Waals surface area contributed by atoms with E-state index in [4.69, 9.17) is 9.47 Å². The van der Waals surface area contributed by atoms with E-state index in [-0.39, 0.29) is 22.8 Å². The van der Waals surface area contributed by atoms with Crippen LogP contribution >= 0.6 is 0 Å². The summed E-state index contributed by atoms with van der Waals surface area (Å²) in [6.07, 6.45) is 3.37. The fourth-order valence-electron chi connectivity index (χ4n) is 2.90. The summed E-state index contributed by atoms with van der Waals surface area (Å²) >= 11 is 0. The molecule has 3 aromatic rings. The molecule has 0 saturated heterocycles. The maximum Gasteiger partial charge on any atom is 0.335 e. The summed E-state index contributed by atoms with van der Waals surface area (Å²) in [6, 6.07) is 13.5. The number of benzene rings is 2. The molecule has 0 fully saturated rings. The van der Waals surface area contributed by atoms with Crippen LogP contribution in [-0.2, 0) is 0 Å². The second kappa shape index (κ2) is 8.65. The van der Waals surface area contributed by atoms with Crippen molar-refractivity contribution >= 4 is 5.97 Å². The lowest BCUT2D eigenvalue weighted by molar-refractivity contribution is 0.0697. The summed E-state index contributed by atoms with van der Waals surface area (Å²) in [5.74, 6) is 0.0835. The zero-order valence-corrected chi connectivity index (χ0v) is 16.6. The fourth-order valence-corrected chi connectivity index (χ4v) is 2.90. The third-order valence-electron chi connectivity index (χ3n) is 4.40. The largest absolute Gasteiger partial charge is 0.490 e. The quantitative estimate of drug-likeness (QED) is 0.612. The lowest BCUT2D eigenvalue weighted by Gasteiger charge is -2.17. The van der Waals surface area contributed by atoms with Gasteiger partial charge in [-0.1, -0.05) is 24.3 Å². The highest BCUT2D eigenvalue weighted by atomic mass is 16.5. The maximum atomic E-state index is 13.2. The molecule has 6 nitrogen and oxygen atoms in total. The molecule has 1 N–H and O–H groups in total. The van der Waals surface area contributed by atoms with E-state index in [9.17, 15) is 14.7 Å². The Morgan fingerprint density at radius 3 is 2.41 bits per heavy atom. The van der Waals surface area contributed by atoms with E-state index in [1.165, 1.54) is 12.1 Å². The highest BCUT2D eigenvalue weighted by Crippen LogP contribution is 2.31. The average molecular weight is 393 g/mol. The summed E-state index contributed by atoms with van der Waals surface area (Å²) in [7, 11) is 0. The molecule has 0 aliphatic rings. The number of hydrogen-bond donors (Lipinski definition) is 1. The molecule has 0 aliphatic carbocycles. The predicted octanol–water partition coefficient (Wildman–Crippen LogP) is 4.99. The minimum atomic E-state index is -1.05. The van der Waals surface area contributed by atoms with Crippen molar-refractivity contribution in [2.45, 2.75) is 26.8 Å². The van der Waals surface area contributed by atoms with Crippen LogP contribution in [0.2, 0.25) is 0 Å². The van der Waals surface area contributed by atoms with Crippen LogP contribution < -0.4 is 14.9 Å². The van der Waals surface area contributed by atoms with E-state index in [1.54, 1.807) is 42.7 Å². The highest BCUT2D eigenvalue weighted by Gasteiger charge is 2.16. The first kappa shape index (κ1) is 20.2. The summed E-state index contributed by atoms with van der Waals surface area (Å²) in [5, 5.41) is 9.28. The van der Waals surface area contributed by atoms with E-state index in [0.717, 1.165) is 0 Å². The second-order valence-electron chi connectivity index (χ2n) is 6.77. The van der Waals surface area contributed by atoms with Crippen LogP contribution in [0, 0.1) is 0 Å². The van der Waals surface area contributed by atoms with Gasteiger partial charge in [0.15, 0.2) is 17.2 Å². The monoisotopic (exact) mass is 393 g/mol. The van der Waals surface area contributed by atoms with Gasteiger partial charge in [-0.2, -0.15) is 0 Å². The van der Waals surface area contributed by atoms with E-state index in [1.807, 2.05) is 31.4 Å². The Hall–Kier alpha value is -3.54. The molecular weight excluding hydrogens is 370 g/mol. The number of hydrogen-bond acceptors (Lipinski definition) is 4. The SMILES string of the molecule is CCOc1ccccc1Oc1cn(C(C)C)cc(-c2cccc(C(=O)O)c2)c1=O. The van der Waals surface area contributed by atoms with Gasteiger partial charge in [-0.15, -0.1) is 0 Å². The number of rotatable bonds is 7. The molecule has 6 heteroatoms. The van der Waals surface area contributed by atoms with Crippen molar-refractivity contribution in [1.82, 2.24) is 4.57 Å². The fraction of sp³-hybridized carbons (Fsp3) is 0.217. The molecule has 2 aromatic carbocycles. The van der Waals surface area contributed by atoms with Crippen LogP contribution in [0.3, 0.4) is 0 Å². The Kier molecular flexibility index (Phi) is 6.02. The molecule has 1 heterocycles. The molecule has 0 bridgehead atoms. The third kappa shape index (κ3) is 4.48. The number of carboxylic acids is 1. The summed E-state index contributed by atoms with van der Waals surface area (Å²) < 4.78 is 13.4. The number of pyridine rings is 1. The summed E-state index contributed by atoms with van der Waals surface area (Å²) in [6.45, 7) is 6.32. The van der Waals surface area contributed by atoms with Crippen molar-refractivity contribution in [3.05, 3.63) is 76.7 Å². The van der Waals surface area contributed by atoms with Crippen LogP contribution in [0.15, 0.2) is 65.7 Å². The normalized spacial score (nSPS) is 10.8. The van der Waals surface area contributed by atoms with Crippen LogP contribution in [-0.4, -0.2) is 22.2 Å². The number of carbonyl (C=O) groups is 1. The zero-order chi connectivity index (χ0) is 21.0. The number of aromatic carboxylic acids is 1. The van der Waals surface area contributed by atoms with Crippen LogP contribution in [0.25, 0.3) is 11.1 Å². The van der Waals surface area contributed by atoms with Crippen molar-refractivity contribution in [2.24, 2.45) is 0 Å². The van der Waals surface area contributed by atoms with Crippen LogP contribution in [0.4, 0.5) is 0 Å². The molecular formula is C23H23NO5. The minimum absolute atomic E-state index is 0.0708. The number of aromatic nitrogens is 1. The first-order valence-electron chi connectivity index (χ1n) is 9.40. The van der Waals surface area contributed by atoms with Gasteiger partial charge in [-0.25, -0.2) is 4.79 Å². The van der Waals surface area contributed by atoms with Crippen molar-refractivity contribution in [2.75, 3.05) is 6.61 Å². The Bertz CT molecular complexity index is 1080. The van der Waals surface area contributed by atoms with Gasteiger partial charge < -0.3 is 19.1 Å². The lowest BCUT2D eigenvalue weighted by atomic mass is 10.0. The maximum absolute atomic E-state index is 13.2. The minimum Gasteiger partial charge on any atom is -0.490 e. The van der Waals surface area contributed by atoms with E-state index in [0.29, 0.717) is 29.2 Å². The molecule has 0 saturated carbocycles. The number of carboxylic acid groups (broad SMARTS) is 1. The topological polar surface area (TPSA) is 77.8 Å². The van der Waals surface area contributed by atoms with Gasteiger partial charge >= 0.3 is 5.97 Å². The lowest BCUT2D eigenvalue weighted by Crippen LogP contribution is -2.14. The van der Waals surface area contributed by atoms with Crippen molar-refractivity contribution in [3.63, 3.8) is 0 Å². The molecule has 0 spiro atoms. The Morgan fingerprint density at radius 1 is 1.03 bits per heavy atom. The Morgan fingerprint density at radius 2 is 1.76 bits per heavy atom. The smallest absolute Gasteiger partial charge is 0.335 e. The molecule has 150 valence electrons.